The molecule has 180 valence electrons. The predicted molar refractivity (Wildman–Crippen MR) is 141 cm³/mol. The molecule has 4 aromatic rings. The van der Waals surface area contributed by atoms with Crippen LogP contribution in [0.25, 0.3) is 11.0 Å². The highest BCUT2D eigenvalue weighted by atomic mass is 35.5. The Balaban J connectivity index is 1.29. The van der Waals surface area contributed by atoms with E-state index in [0.29, 0.717) is 29.0 Å². The number of likely N-dealkylation sites (N-methyl/N-ethyl adjacent to an activating group) is 1. The van der Waals surface area contributed by atoms with Crippen LogP contribution in [0.15, 0.2) is 60.8 Å². The number of rotatable bonds is 5. The zero-order chi connectivity index (χ0) is 23.8. The van der Waals surface area contributed by atoms with E-state index in [-0.39, 0.29) is 6.04 Å². The Hall–Kier alpha value is -3.33. The van der Waals surface area contributed by atoms with Gasteiger partial charge in [0.1, 0.15) is 5.65 Å². The minimum absolute atomic E-state index is 0.0518. The number of aromatic nitrogens is 3. The van der Waals surface area contributed by atoms with E-state index in [9.17, 15) is 0 Å². The minimum Gasteiger partial charge on any atom is -0.369 e. The van der Waals surface area contributed by atoms with Crippen molar-refractivity contribution in [2.75, 3.05) is 55.1 Å². The average Bonchev–Trinajstić information content (AvgIpc) is 3.53. The van der Waals surface area contributed by atoms with Crippen LogP contribution in [0.2, 0.25) is 5.02 Å². The van der Waals surface area contributed by atoms with Gasteiger partial charge >= 0.3 is 0 Å². The van der Waals surface area contributed by atoms with E-state index in [2.05, 4.69) is 68.5 Å². The SMILES string of the molecule is CN1CCN(c2ccc(Nc3nc(N4OCC[C@H]4c4ccccc4)c4c(Cl)c[nH]c4n3)cc2)CC1. The molecule has 0 spiro atoms. The molecule has 2 aliphatic heterocycles. The molecule has 0 aliphatic carbocycles. The van der Waals surface area contributed by atoms with Crippen LogP contribution in [0, 0.1) is 0 Å². The van der Waals surface area contributed by atoms with Gasteiger partial charge in [0.2, 0.25) is 5.95 Å². The van der Waals surface area contributed by atoms with Crippen molar-refractivity contribution >= 4 is 45.8 Å². The van der Waals surface area contributed by atoms with E-state index < -0.39 is 0 Å². The molecule has 9 heteroatoms. The summed E-state index contributed by atoms with van der Waals surface area (Å²) in [7, 11) is 2.17. The number of nitrogens with one attached hydrogen (secondary N) is 2. The number of hydrogen-bond donors (Lipinski definition) is 2. The Kier molecular flexibility index (Phi) is 5.93. The molecular weight excluding hydrogens is 462 g/mol. The molecule has 1 atom stereocenters. The fourth-order valence-corrected chi connectivity index (χ4v) is 5.03. The summed E-state index contributed by atoms with van der Waals surface area (Å²) in [6.07, 6.45) is 2.61. The van der Waals surface area contributed by atoms with E-state index in [1.165, 1.54) is 11.3 Å². The molecule has 2 aromatic carbocycles. The molecule has 2 aliphatic rings. The van der Waals surface area contributed by atoms with Crippen molar-refractivity contribution in [2.24, 2.45) is 0 Å². The molecule has 0 radical (unpaired) electrons. The molecule has 0 saturated carbocycles. The summed E-state index contributed by atoms with van der Waals surface area (Å²) in [6.45, 7) is 4.86. The topological polar surface area (TPSA) is 72.6 Å². The van der Waals surface area contributed by atoms with Gasteiger partial charge in [-0.3, -0.25) is 4.84 Å². The van der Waals surface area contributed by atoms with Gasteiger partial charge in [-0.2, -0.15) is 9.97 Å². The summed E-state index contributed by atoms with van der Waals surface area (Å²) >= 11 is 6.54. The molecule has 4 heterocycles. The lowest BCUT2D eigenvalue weighted by molar-refractivity contribution is 0.157. The molecule has 6 rings (SSSR count). The van der Waals surface area contributed by atoms with E-state index in [1.807, 2.05) is 23.3 Å². The van der Waals surface area contributed by atoms with Gasteiger partial charge in [0.25, 0.3) is 0 Å². The number of H-pyrrole nitrogens is 1. The van der Waals surface area contributed by atoms with E-state index in [0.717, 1.165) is 43.7 Å². The van der Waals surface area contributed by atoms with Crippen molar-refractivity contribution in [1.82, 2.24) is 19.9 Å². The van der Waals surface area contributed by atoms with Gasteiger partial charge in [-0.05, 0) is 36.9 Å². The highest BCUT2D eigenvalue weighted by Crippen LogP contribution is 2.40. The normalized spacial score (nSPS) is 19.0. The van der Waals surface area contributed by atoms with Gasteiger partial charge in [0.05, 0.1) is 23.1 Å². The van der Waals surface area contributed by atoms with Crippen LogP contribution in [-0.2, 0) is 4.84 Å². The summed E-state index contributed by atoms with van der Waals surface area (Å²) < 4.78 is 0. The first-order chi connectivity index (χ1) is 17.2. The molecular formula is C26H28ClN7O. The lowest BCUT2D eigenvalue weighted by Crippen LogP contribution is -2.44. The molecule has 35 heavy (non-hydrogen) atoms. The molecule has 0 unspecified atom stereocenters. The van der Waals surface area contributed by atoms with Gasteiger partial charge in [-0.15, -0.1) is 0 Å². The molecule has 8 nitrogen and oxygen atoms in total. The summed E-state index contributed by atoms with van der Waals surface area (Å²) in [5, 5.41) is 6.57. The van der Waals surface area contributed by atoms with Crippen molar-refractivity contribution in [3.8, 4) is 0 Å². The number of anilines is 4. The van der Waals surface area contributed by atoms with Gasteiger partial charge < -0.3 is 20.1 Å². The highest BCUT2D eigenvalue weighted by Gasteiger charge is 2.31. The maximum absolute atomic E-state index is 6.54. The van der Waals surface area contributed by atoms with Crippen LogP contribution in [0.3, 0.4) is 0 Å². The Bertz CT molecular complexity index is 1300. The Morgan fingerprint density at radius 2 is 1.77 bits per heavy atom. The molecule has 0 amide bonds. The van der Waals surface area contributed by atoms with Crippen LogP contribution in [0.5, 0.6) is 0 Å². The smallest absolute Gasteiger partial charge is 0.231 e. The zero-order valence-electron chi connectivity index (χ0n) is 19.6. The van der Waals surface area contributed by atoms with E-state index in [4.69, 9.17) is 21.4 Å². The van der Waals surface area contributed by atoms with Crippen LogP contribution < -0.4 is 15.3 Å². The van der Waals surface area contributed by atoms with Crippen molar-refractivity contribution in [1.29, 1.82) is 0 Å². The number of nitrogens with zero attached hydrogens (tertiary/aromatic N) is 5. The second-order valence-corrected chi connectivity index (χ2v) is 9.47. The van der Waals surface area contributed by atoms with Gasteiger partial charge in [-0.1, -0.05) is 41.9 Å². The number of hydrogen-bond acceptors (Lipinski definition) is 7. The minimum atomic E-state index is 0.0518. The van der Waals surface area contributed by atoms with Gasteiger partial charge in [0.15, 0.2) is 5.82 Å². The summed E-state index contributed by atoms with van der Waals surface area (Å²) in [5.74, 6) is 1.14. The second kappa shape index (κ2) is 9.37. The fraction of sp³-hybridized carbons (Fsp3) is 0.308. The first-order valence-corrected chi connectivity index (χ1v) is 12.4. The monoisotopic (exact) mass is 489 g/mol. The number of piperazine rings is 1. The van der Waals surface area contributed by atoms with Crippen LogP contribution in [0.4, 0.5) is 23.1 Å². The third kappa shape index (κ3) is 4.40. The maximum atomic E-state index is 6.54. The Morgan fingerprint density at radius 3 is 2.54 bits per heavy atom. The molecule has 0 bridgehead atoms. The summed E-state index contributed by atoms with van der Waals surface area (Å²) in [6, 6.07) is 18.8. The zero-order valence-corrected chi connectivity index (χ0v) is 20.4. The molecule has 2 fully saturated rings. The van der Waals surface area contributed by atoms with E-state index >= 15 is 0 Å². The highest BCUT2D eigenvalue weighted by molar-refractivity contribution is 6.36. The van der Waals surface area contributed by atoms with Crippen molar-refractivity contribution < 1.29 is 4.84 Å². The molecule has 2 saturated heterocycles. The fourth-order valence-electron chi connectivity index (χ4n) is 4.80. The maximum Gasteiger partial charge on any atom is 0.231 e. The number of aromatic amines is 1. The van der Waals surface area contributed by atoms with E-state index in [1.54, 1.807) is 6.20 Å². The summed E-state index contributed by atoms with van der Waals surface area (Å²) in [4.78, 5) is 23.6. The Morgan fingerprint density at radius 1 is 1.00 bits per heavy atom. The average molecular weight is 490 g/mol. The van der Waals surface area contributed by atoms with Crippen molar-refractivity contribution in [3.63, 3.8) is 0 Å². The summed E-state index contributed by atoms with van der Waals surface area (Å²) in [5.41, 5.74) is 4.00. The first-order valence-electron chi connectivity index (χ1n) is 12.0. The largest absolute Gasteiger partial charge is 0.369 e. The third-order valence-corrected chi connectivity index (χ3v) is 7.05. The van der Waals surface area contributed by atoms with Crippen LogP contribution in [0.1, 0.15) is 18.0 Å². The molecule has 2 N–H and O–H groups in total. The lowest BCUT2D eigenvalue weighted by Gasteiger charge is -2.34. The van der Waals surface area contributed by atoms with Crippen LogP contribution in [-0.4, -0.2) is 59.7 Å². The predicted octanol–water partition coefficient (Wildman–Crippen LogP) is 4.99. The van der Waals surface area contributed by atoms with Gasteiger partial charge in [-0.25, -0.2) is 5.06 Å². The Labute approximate surface area is 209 Å². The number of hydroxylamine groups is 1. The molecule has 2 aromatic heterocycles. The quantitative estimate of drug-likeness (QED) is 0.409. The second-order valence-electron chi connectivity index (χ2n) is 9.07. The number of benzene rings is 2. The standard InChI is InChI=1S/C26H28ClN7O/c1-32-12-14-33(15-13-32)20-9-7-19(8-10-20)29-26-30-24-23(21(27)17-28-24)25(31-26)34-22(11-16-35-34)18-5-3-2-4-6-18/h2-10,17,22H,11-16H2,1H3,(H2,28,29,30,31)/t22-/m0/s1. The van der Waals surface area contributed by atoms with Crippen molar-refractivity contribution in [3.05, 3.63) is 71.4 Å². The van der Waals surface area contributed by atoms with Gasteiger partial charge in [0, 0.05) is 50.2 Å². The third-order valence-electron chi connectivity index (χ3n) is 6.75. The number of halogens is 1. The lowest BCUT2D eigenvalue weighted by atomic mass is 10.0. The first kappa shape index (κ1) is 22.2. The van der Waals surface area contributed by atoms with Crippen molar-refractivity contribution in [2.45, 2.75) is 12.5 Å². The van der Waals surface area contributed by atoms with Crippen LogP contribution >= 0.6 is 11.6 Å². The number of fused-ring (bicyclic) bond motifs is 1.